The lowest BCUT2D eigenvalue weighted by Gasteiger charge is -2.49. The lowest BCUT2D eigenvalue weighted by Crippen LogP contribution is -2.70. The van der Waals surface area contributed by atoms with E-state index in [1.165, 1.54) is 22.7 Å². The Kier molecular flexibility index (Phi) is 10.6. The molecule has 2 aromatic carbocycles. The largest absolute Gasteiger partial charge is 0.448 e. The summed E-state index contributed by atoms with van der Waals surface area (Å²) in [4.78, 5) is 71.6. The lowest BCUT2D eigenvalue weighted by atomic mass is 10.00. The maximum Gasteiger partial charge on any atom is 0.410 e. The third kappa shape index (κ3) is 7.83. The van der Waals surface area contributed by atoms with Crippen molar-refractivity contribution in [1.29, 1.82) is 0 Å². The van der Waals surface area contributed by atoms with Crippen LogP contribution in [0.15, 0.2) is 96.2 Å². The van der Waals surface area contributed by atoms with E-state index in [0.29, 0.717) is 43.6 Å². The molecule has 4 aliphatic rings. The minimum atomic E-state index is -0.909. The van der Waals surface area contributed by atoms with Gasteiger partial charge in [0.15, 0.2) is 6.10 Å². The van der Waals surface area contributed by atoms with Crippen LogP contribution in [0.25, 0.3) is 0 Å². The van der Waals surface area contributed by atoms with Crippen LogP contribution in [0.3, 0.4) is 0 Å². The molecule has 4 amide bonds. The van der Waals surface area contributed by atoms with Crippen LogP contribution in [0, 0.1) is 0 Å². The number of rotatable bonds is 9. The van der Waals surface area contributed by atoms with Crippen LogP contribution in [0.4, 0.5) is 9.59 Å². The van der Waals surface area contributed by atoms with E-state index in [2.05, 4.69) is 11.9 Å². The van der Waals surface area contributed by atoms with Gasteiger partial charge in [-0.25, -0.2) is 14.4 Å². The van der Waals surface area contributed by atoms with Gasteiger partial charge in [0.2, 0.25) is 5.91 Å². The highest BCUT2D eigenvalue weighted by Crippen LogP contribution is 2.43. The van der Waals surface area contributed by atoms with Gasteiger partial charge >= 0.3 is 18.2 Å². The van der Waals surface area contributed by atoms with Crippen molar-refractivity contribution >= 4 is 41.7 Å². The third-order valence-corrected chi connectivity index (χ3v) is 10.3. The first-order valence-electron chi connectivity index (χ1n) is 17.0. The van der Waals surface area contributed by atoms with Crippen molar-refractivity contribution in [3.8, 4) is 0 Å². The molecule has 6 rings (SSSR count). The van der Waals surface area contributed by atoms with Crippen LogP contribution >= 0.6 is 11.8 Å². The maximum atomic E-state index is 14.3. The summed E-state index contributed by atoms with van der Waals surface area (Å²) in [5, 5.41) is 2.08. The number of carbonyl (C=O) groups is 5. The summed E-state index contributed by atoms with van der Waals surface area (Å²) < 4.78 is 16.8. The van der Waals surface area contributed by atoms with Gasteiger partial charge in [0, 0.05) is 31.0 Å². The number of allylic oxidation sites excluding steroid dienone is 1. The minimum Gasteiger partial charge on any atom is -0.448 e. The molecule has 0 bridgehead atoms. The molecular weight excluding hydrogens is 673 g/mol. The smallest absolute Gasteiger partial charge is 0.410 e. The van der Waals surface area contributed by atoms with E-state index in [9.17, 15) is 24.0 Å². The first kappa shape index (κ1) is 35.8. The molecule has 3 saturated heterocycles. The molecule has 1 N–H and O–H groups in total. The Labute approximate surface area is 301 Å². The summed E-state index contributed by atoms with van der Waals surface area (Å²) in [5.74, 6) is -1.10. The molecule has 13 heteroatoms. The maximum absolute atomic E-state index is 14.3. The van der Waals surface area contributed by atoms with Crippen LogP contribution in [0.1, 0.15) is 50.8 Å². The molecule has 4 aliphatic heterocycles. The molecular formula is C38H42N4O8S. The Hall–Kier alpha value is -5.04. The summed E-state index contributed by atoms with van der Waals surface area (Å²) >= 11 is 1.38. The number of esters is 1. The molecule has 0 radical (unpaired) electrons. The number of alkyl carbamates (subject to hydrolysis) is 1. The van der Waals surface area contributed by atoms with Gasteiger partial charge in [-0.05, 0) is 56.4 Å². The fraction of sp³-hybridized carbons (Fsp3) is 0.395. The van der Waals surface area contributed by atoms with E-state index in [0.717, 1.165) is 11.1 Å². The Bertz CT molecular complexity index is 1720. The topological polar surface area (TPSA) is 135 Å². The van der Waals surface area contributed by atoms with Gasteiger partial charge in [0.05, 0.1) is 6.04 Å². The Morgan fingerprint density at radius 1 is 1.02 bits per heavy atom. The predicted molar refractivity (Wildman–Crippen MR) is 190 cm³/mol. The third-order valence-electron chi connectivity index (χ3n) is 8.99. The van der Waals surface area contributed by atoms with E-state index < -0.39 is 47.2 Å². The molecule has 51 heavy (non-hydrogen) atoms. The van der Waals surface area contributed by atoms with E-state index in [1.807, 2.05) is 60.7 Å². The number of amides is 4. The highest BCUT2D eigenvalue weighted by Gasteiger charge is 2.55. The molecule has 0 aromatic heterocycles. The molecule has 2 aromatic rings. The summed E-state index contributed by atoms with van der Waals surface area (Å²) in [6, 6.07) is 17.6. The monoisotopic (exact) mass is 714 g/mol. The zero-order valence-corrected chi connectivity index (χ0v) is 29.7. The van der Waals surface area contributed by atoms with Gasteiger partial charge in [0.1, 0.15) is 29.3 Å². The molecule has 3 fully saturated rings. The van der Waals surface area contributed by atoms with Crippen molar-refractivity contribution in [2.24, 2.45) is 0 Å². The highest BCUT2D eigenvalue weighted by atomic mass is 32.2. The number of hydrogen-bond donors (Lipinski definition) is 1. The second-order valence-electron chi connectivity index (χ2n) is 13.7. The summed E-state index contributed by atoms with van der Waals surface area (Å²) in [5.41, 5.74) is 1.76. The van der Waals surface area contributed by atoms with Crippen LogP contribution < -0.4 is 5.32 Å². The van der Waals surface area contributed by atoms with Gasteiger partial charge in [-0.2, -0.15) is 0 Å². The van der Waals surface area contributed by atoms with Crippen molar-refractivity contribution in [2.45, 2.75) is 62.8 Å². The van der Waals surface area contributed by atoms with E-state index >= 15 is 0 Å². The number of benzene rings is 2. The number of carbonyl (C=O) groups excluding carboxylic acids is 5. The van der Waals surface area contributed by atoms with E-state index in [4.69, 9.17) is 14.2 Å². The zero-order chi connectivity index (χ0) is 36.3. The van der Waals surface area contributed by atoms with E-state index in [-0.39, 0.29) is 30.0 Å². The Morgan fingerprint density at radius 3 is 2.31 bits per heavy atom. The predicted octanol–water partition coefficient (Wildman–Crippen LogP) is 4.94. The van der Waals surface area contributed by atoms with Gasteiger partial charge in [-0.3, -0.25) is 14.5 Å². The molecule has 3 atom stereocenters. The number of nitrogens with one attached hydrogen (secondary N) is 1. The van der Waals surface area contributed by atoms with Gasteiger partial charge in [-0.1, -0.05) is 73.3 Å². The normalized spacial score (nSPS) is 22.5. The first-order chi connectivity index (χ1) is 24.4. The number of hydrogen-bond acceptors (Lipinski definition) is 9. The van der Waals surface area contributed by atoms with Crippen molar-refractivity contribution in [3.63, 3.8) is 0 Å². The average Bonchev–Trinajstić information content (AvgIpc) is 3.75. The second kappa shape index (κ2) is 15.1. The number of nitrogens with zero attached hydrogens (tertiary/aromatic N) is 3. The van der Waals surface area contributed by atoms with Crippen LogP contribution in [-0.4, -0.2) is 99.7 Å². The molecule has 0 aliphatic carbocycles. The first-order valence-corrected chi connectivity index (χ1v) is 18.0. The summed E-state index contributed by atoms with van der Waals surface area (Å²) in [6.07, 6.45) is 2.32. The van der Waals surface area contributed by atoms with Crippen LogP contribution in [-0.2, 0) is 28.6 Å². The molecule has 0 unspecified atom stereocenters. The van der Waals surface area contributed by atoms with Gasteiger partial charge in [0.25, 0.3) is 5.91 Å². The minimum absolute atomic E-state index is 0.0404. The standard InChI is InChI=1S/C38H42N4O8S/c1-5-20-48-37(47)40-18-17-28(22-40)41-19-16-26(32(41)43)21-27-23-51-34-29(39-36(46)50-38(2,3)4)33(44)42(34)30(27)35(45)49-31(24-12-8-6-9-13-24)25-14-10-7-11-15-25/h5-15,21,28-29,31,34H,1,16-20,22-23H2,2-4H3,(H,39,46)/t28-,29+,34+/m0/s1. The molecule has 12 nitrogen and oxygen atoms in total. The van der Waals surface area contributed by atoms with Gasteiger partial charge in [-0.15, -0.1) is 11.8 Å². The lowest BCUT2D eigenvalue weighted by molar-refractivity contribution is -0.153. The van der Waals surface area contributed by atoms with Gasteiger partial charge < -0.3 is 29.3 Å². The fourth-order valence-corrected chi connectivity index (χ4v) is 7.94. The number of fused-ring (bicyclic) bond motifs is 1. The quantitative estimate of drug-likeness (QED) is 0.126. The Balaban J connectivity index is 1.28. The van der Waals surface area contributed by atoms with Crippen molar-refractivity contribution in [3.05, 3.63) is 107 Å². The molecule has 0 saturated carbocycles. The average molecular weight is 715 g/mol. The van der Waals surface area contributed by atoms with E-state index in [1.54, 1.807) is 36.6 Å². The number of β-lactam (4-membered cyclic amide) rings is 1. The second-order valence-corrected chi connectivity index (χ2v) is 14.8. The SMILES string of the molecule is C=CCOC(=O)N1CC[C@H](N2CCC(=CC3=C(C(=O)OC(c4ccccc4)c4ccccc4)N4C(=O)[C@@H](NC(=O)OC(C)(C)C)[C@H]4SC3)C2=O)C1. The number of ether oxygens (including phenoxy) is 3. The molecule has 268 valence electrons. The number of thioether (sulfide) groups is 1. The zero-order valence-electron chi connectivity index (χ0n) is 28.9. The molecule has 0 spiro atoms. The summed E-state index contributed by atoms with van der Waals surface area (Å²) in [7, 11) is 0. The van der Waals surface area contributed by atoms with Crippen molar-refractivity contribution in [2.75, 3.05) is 32.0 Å². The highest BCUT2D eigenvalue weighted by molar-refractivity contribution is 8.00. The fourth-order valence-electron chi connectivity index (χ4n) is 6.63. The number of likely N-dealkylation sites (tertiary alicyclic amines) is 2. The van der Waals surface area contributed by atoms with Crippen LogP contribution in [0.2, 0.25) is 0 Å². The molecule has 4 heterocycles. The van der Waals surface area contributed by atoms with Crippen molar-refractivity contribution < 1.29 is 38.2 Å². The summed E-state index contributed by atoms with van der Waals surface area (Å²) in [6.45, 7) is 10.2. The van der Waals surface area contributed by atoms with Crippen LogP contribution in [0.5, 0.6) is 0 Å². The van der Waals surface area contributed by atoms with Crippen molar-refractivity contribution in [1.82, 2.24) is 20.0 Å². The Morgan fingerprint density at radius 2 is 1.69 bits per heavy atom.